The number of rotatable bonds is 2. The molecule has 2 atom stereocenters. The van der Waals surface area contributed by atoms with Gasteiger partial charge in [-0.2, -0.15) is 0 Å². The van der Waals surface area contributed by atoms with Crippen LogP contribution in [-0.4, -0.2) is 22.9 Å². The third-order valence-corrected chi connectivity index (χ3v) is 4.26. The fourth-order valence-corrected chi connectivity index (χ4v) is 3.17. The van der Waals surface area contributed by atoms with Crippen molar-refractivity contribution in [1.29, 1.82) is 0 Å². The second kappa shape index (κ2) is 4.47. The Morgan fingerprint density at radius 3 is 2.88 bits per heavy atom. The van der Waals surface area contributed by atoms with Gasteiger partial charge in [0.25, 0.3) is 0 Å². The number of aryl methyl sites for hydroxylation is 1. The standard InChI is InChI=1S/C12H15NO2S/c1-7-4-3-5-9(8(7)2)11-13-10(6-16-11)12(14)15/h3-5,10-11,13H,6H2,1-2H3,(H,14,15)/t10-,11?/m0/s1. The molecule has 1 heterocycles. The van der Waals surface area contributed by atoms with Crippen molar-refractivity contribution in [2.75, 3.05) is 5.75 Å². The zero-order valence-corrected chi connectivity index (χ0v) is 10.2. The maximum atomic E-state index is 10.9. The maximum Gasteiger partial charge on any atom is 0.321 e. The van der Waals surface area contributed by atoms with Crippen LogP contribution < -0.4 is 5.32 Å². The molecule has 1 aliphatic heterocycles. The number of hydrogen-bond acceptors (Lipinski definition) is 3. The monoisotopic (exact) mass is 237 g/mol. The van der Waals surface area contributed by atoms with Crippen molar-refractivity contribution in [3.63, 3.8) is 0 Å². The predicted molar refractivity (Wildman–Crippen MR) is 65.7 cm³/mol. The Morgan fingerprint density at radius 2 is 2.25 bits per heavy atom. The van der Waals surface area contributed by atoms with Gasteiger partial charge in [0.05, 0.1) is 5.37 Å². The van der Waals surface area contributed by atoms with Crippen molar-refractivity contribution in [2.24, 2.45) is 0 Å². The van der Waals surface area contributed by atoms with Gasteiger partial charge in [-0.15, -0.1) is 11.8 Å². The first-order valence-electron chi connectivity index (χ1n) is 5.26. The molecule has 86 valence electrons. The quantitative estimate of drug-likeness (QED) is 0.827. The molecule has 0 aliphatic carbocycles. The largest absolute Gasteiger partial charge is 0.480 e. The smallest absolute Gasteiger partial charge is 0.321 e. The maximum absolute atomic E-state index is 10.9. The molecular weight excluding hydrogens is 222 g/mol. The molecule has 1 aromatic rings. The highest BCUT2D eigenvalue weighted by atomic mass is 32.2. The van der Waals surface area contributed by atoms with E-state index in [4.69, 9.17) is 5.11 Å². The van der Waals surface area contributed by atoms with E-state index in [1.54, 1.807) is 11.8 Å². The highest BCUT2D eigenvalue weighted by molar-refractivity contribution is 7.99. The molecule has 16 heavy (non-hydrogen) atoms. The number of carbonyl (C=O) groups is 1. The molecule has 0 radical (unpaired) electrons. The lowest BCUT2D eigenvalue weighted by Gasteiger charge is -2.15. The topological polar surface area (TPSA) is 49.3 Å². The molecule has 2 N–H and O–H groups in total. The molecule has 1 saturated heterocycles. The van der Waals surface area contributed by atoms with Crippen LogP contribution in [0, 0.1) is 13.8 Å². The van der Waals surface area contributed by atoms with Gasteiger partial charge in [-0.25, -0.2) is 0 Å². The molecule has 0 amide bonds. The van der Waals surface area contributed by atoms with E-state index < -0.39 is 12.0 Å². The van der Waals surface area contributed by atoms with Gasteiger partial charge in [0, 0.05) is 5.75 Å². The van der Waals surface area contributed by atoms with E-state index in [2.05, 4.69) is 31.3 Å². The summed E-state index contributed by atoms with van der Waals surface area (Å²) in [5.74, 6) is -0.131. The minimum absolute atomic E-state index is 0.112. The minimum atomic E-state index is -0.764. The number of carboxylic acids is 1. The van der Waals surface area contributed by atoms with Gasteiger partial charge in [0.1, 0.15) is 6.04 Å². The number of aliphatic carboxylic acids is 1. The second-order valence-electron chi connectivity index (χ2n) is 4.06. The molecular formula is C12H15NO2S. The number of carboxylic acid groups (broad SMARTS) is 1. The first-order valence-corrected chi connectivity index (χ1v) is 6.31. The Morgan fingerprint density at radius 1 is 1.50 bits per heavy atom. The van der Waals surface area contributed by atoms with Gasteiger partial charge >= 0.3 is 5.97 Å². The van der Waals surface area contributed by atoms with Gasteiger partial charge in [-0.3, -0.25) is 10.1 Å². The normalized spacial score (nSPS) is 24.6. The van der Waals surface area contributed by atoms with Crippen LogP contribution in [0.2, 0.25) is 0 Å². The van der Waals surface area contributed by atoms with Crippen molar-refractivity contribution in [1.82, 2.24) is 5.32 Å². The van der Waals surface area contributed by atoms with Gasteiger partial charge in [0.15, 0.2) is 0 Å². The van der Waals surface area contributed by atoms with Crippen LogP contribution >= 0.6 is 11.8 Å². The van der Waals surface area contributed by atoms with Gasteiger partial charge < -0.3 is 5.11 Å². The SMILES string of the molecule is Cc1cccc(C2N[C@H](C(=O)O)CS2)c1C. The average Bonchev–Trinajstić information content (AvgIpc) is 2.71. The number of nitrogens with one attached hydrogen (secondary N) is 1. The molecule has 0 spiro atoms. The Bertz CT molecular complexity index is 419. The number of thioether (sulfide) groups is 1. The highest BCUT2D eigenvalue weighted by Gasteiger charge is 2.30. The molecule has 0 saturated carbocycles. The van der Waals surface area contributed by atoms with Crippen molar-refractivity contribution in [3.05, 3.63) is 34.9 Å². The minimum Gasteiger partial charge on any atom is -0.480 e. The van der Waals surface area contributed by atoms with Crippen LogP contribution in [0.3, 0.4) is 0 Å². The Hall–Kier alpha value is -1.00. The van der Waals surface area contributed by atoms with Crippen molar-refractivity contribution >= 4 is 17.7 Å². The van der Waals surface area contributed by atoms with Crippen LogP contribution in [0.5, 0.6) is 0 Å². The Balaban J connectivity index is 2.21. The van der Waals surface area contributed by atoms with E-state index in [0.717, 1.165) is 0 Å². The van der Waals surface area contributed by atoms with Crippen LogP contribution in [0.4, 0.5) is 0 Å². The molecule has 4 heteroatoms. The second-order valence-corrected chi connectivity index (χ2v) is 5.20. The molecule has 2 rings (SSSR count). The zero-order valence-electron chi connectivity index (χ0n) is 9.36. The lowest BCUT2D eigenvalue weighted by molar-refractivity contribution is -0.138. The summed E-state index contributed by atoms with van der Waals surface area (Å²) >= 11 is 1.66. The molecule has 3 nitrogen and oxygen atoms in total. The molecule has 1 aromatic carbocycles. The van der Waals surface area contributed by atoms with E-state index in [-0.39, 0.29) is 5.37 Å². The van der Waals surface area contributed by atoms with E-state index >= 15 is 0 Å². The fourth-order valence-electron chi connectivity index (χ4n) is 1.85. The summed E-state index contributed by atoms with van der Waals surface area (Å²) in [5.41, 5.74) is 3.70. The zero-order chi connectivity index (χ0) is 11.7. The van der Waals surface area contributed by atoms with E-state index in [0.29, 0.717) is 5.75 Å². The van der Waals surface area contributed by atoms with Crippen LogP contribution in [0.1, 0.15) is 22.1 Å². The lowest BCUT2D eigenvalue weighted by atomic mass is 10.0. The van der Waals surface area contributed by atoms with Crippen molar-refractivity contribution in [2.45, 2.75) is 25.3 Å². The summed E-state index contributed by atoms with van der Waals surface area (Å²) in [6.07, 6.45) is 0. The summed E-state index contributed by atoms with van der Waals surface area (Å²) in [7, 11) is 0. The van der Waals surface area contributed by atoms with Crippen LogP contribution in [0.25, 0.3) is 0 Å². The van der Waals surface area contributed by atoms with E-state index in [9.17, 15) is 4.79 Å². The summed E-state index contributed by atoms with van der Waals surface area (Å²) in [6, 6.07) is 5.74. The molecule has 1 aliphatic rings. The Labute approximate surface area is 99.2 Å². The first-order chi connectivity index (χ1) is 7.59. The highest BCUT2D eigenvalue weighted by Crippen LogP contribution is 2.35. The van der Waals surface area contributed by atoms with Crippen LogP contribution in [0.15, 0.2) is 18.2 Å². The third-order valence-electron chi connectivity index (χ3n) is 3.01. The summed E-state index contributed by atoms with van der Waals surface area (Å²) in [6.45, 7) is 4.16. The predicted octanol–water partition coefficient (Wildman–Crippen LogP) is 2.09. The first kappa shape index (κ1) is 11.5. The van der Waals surface area contributed by atoms with E-state index in [1.807, 2.05) is 6.07 Å². The summed E-state index contributed by atoms with van der Waals surface area (Å²) < 4.78 is 0. The van der Waals surface area contributed by atoms with Crippen molar-refractivity contribution in [3.8, 4) is 0 Å². The molecule has 1 unspecified atom stereocenters. The van der Waals surface area contributed by atoms with Crippen molar-refractivity contribution < 1.29 is 9.90 Å². The van der Waals surface area contributed by atoms with Gasteiger partial charge in [0.2, 0.25) is 0 Å². The molecule has 0 bridgehead atoms. The fraction of sp³-hybridized carbons (Fsp3) is 0.417. The van der Waals surface area contributed by atoms with Gasteiger partial charge in [-0.1, -0.05) is 18.2 Å². The number of hydrogen-bond donors (Lipinski definition) is 2. The van der Waals surface area contributed by atoms with Gasteiger partial charge in [-0.05, 0) is 30.5 Å². The van der Waals surface area contributed by atoms with Crippen LogP contribution in [-0.2, 0) is 4.79 Å². The lowest BCUT2D eigenvalue weighted by Crippen LogP contribution is -2.33. The summed E-state index contributed by atoms with van der Waals surface area (Å²) in [4.78, 5) is 10.9. The molecule has 1 fully saturated rings. The number of benzene rings is 1. The third kappa shape index (κ3) is 2.08. The average molecular weight is 237 g/mol. The Kier molecular flexibility index (Phi) is 3.21. The molecule has 0 aromatic heterocycles. The van der Waals surface area contributed by atoms with E-state index in [1.165, 1.54) is 16.7 Å². The summed E-state index contributed by atoms with van der Waals surface area (Å²) in [5, 5.41) is 12.2.